The lowest BCUT2D eigenvalue weighted by Gasteiger charge is -2.14. The monoisotopic (exact) mass is 468 g/mol. The SMILES string of the molecule is CCc1c(-c2nnc(SCC(=O)Nc3ccc(Cl)c(Cl)c3)n2C(C)C)csc1C. The van der Waals surface area contributed by atoms with Gasteiger partial charge < -0.3 is 5.32 Å². The highest BCUT2D eigenvalue weighted by Gasteiger charge is 2.21. The highest BCUT2D eigenvalue weighted by Crippen LogP contribution is 2.34. The molecule has 1 aromatic carbocycles. The number of aromatic nitrogens is 3. The Hall–Kier alpha value is -1.54. The lowest BCUT2D eigenvalue weighted by Crippen LogP contribution is -2.15. The predicted octanol–water partition coefficient (Wildman–Crippen LogP) is 6.50. The van der Waals surface area contributed by atoms with Crippen LogP contribution in [0.5, 0.6) is 0 Å². The minimum absolute atomic E-state index is 0.145. The first-order chi connectivity index (χ1) is 13.8. The van der Waals surface area contributed by atoms with Crippen molar-refractivity contribution < 1.29 is 4.79 Å². The third-order valence-electron chi connectivity index (χ3n) is 4.41. The summed E-state index contributed by atoms with van der Waals surface area (Å²) in [5, 5.41) is 15.4. The van der Waals surface area contributed by atoms with E-state index in [9.17, 15) is 4.79 Å². The van der Waals surface area contributed by atoms with Crippen LogP contribution in [0.25, 0.3) is 11.4 Å². The van der Waals surface area contributed by atoms with Gasteiger partial charge in [-0.3, -0.25) is 9.36 Å². The molecule has 1 amide bonds. The third kappa shape index (κ3) is 4.97. The molecule has 0 spiro atoms. The minimum atomic E-state index is -0.145. The quantitative estimate of drug-likeness (QED) is 0.402. The molecule has 5 nitrogen and oxygen atoms in total. The van der Waals surface area contributed by atoms with Crippen LogP contribution in [-0.2, 0) is 11.2 Å². The average Bonchev–Trinajstić information content (AvgIpc) is 3.25. The van der Waals surface area contributed by atoms with E-state index in [1.165, 1.54) is 22.2 Å². The van der Waals surface area contributed by atoms with E-state index in [0.29, 0.717) is 15.7 Å². The first-order valence-electron chi connectivity index (χ1n) is 9.21. The van der Waals surface area contributed by atoms with Gasteiger partial charge in [0, 0.05) is 27.5 Å². The molecule has 0 radical (unpaired) electrons. The second-order valence-electron chi connectivity index (χ2n) is 6.77. The summed E-state index contributed by atoms with van der Waals surface area (Å²) >= 11 is 15.0. The van der Waals surface area contributed by atoms with E-state index >= 15 is 0 Å². The largest absolute Gasteiger partial charge is 0.325 e. The highest BCUT2D eigenvalue weighted by molar-refractivity contribution is 7.99. The van der Waals surface area contributed by atoms with Crippen molar-refractivity contribution in [3.8, 4) is 11.4 Å². The predicted molar refractivity (Wildman–Crippen MR) is 124 cm³/mol. The first-order valence-corrected chi connectivity index (χ1v) is 11.8. The van der Waals surface area contributed by atoms with E-state index in [0.717, 1.165) is 23.0 Å². The molecular weight excluding hydrogens is 447 g/mol. The maximum absolute atomic E-state index is 12.4. The van der Waals surface area contributed by atoms with E-state index in [1.807, 2.05) is 0 Å². The molecule has 3 aromatic rings. The molecule has 0 atom stereocenters. The van der Waals surface area contributed by atoms with Crippen LogP contribution in [0.15, 0.2) is 28.7 Å². The fraction of sp³-hybridized carbons (Fsp3) is 0.350. The molecule has 2 heterocycles. The van der Waals surface area contributed by atoms with Crippen molar-refractivity contribution in [3.05, 3.63) is 44.1 Å². The van der Waals surface area contributed by atoms with Gasteiger partial charge in [0.05, 0.1) is 15.8 Å². The molecule has 0 aliphatic heterocycles. The lowest BCUT2D eigenvalue weighted by atomic mass is 10.1. The zero-order valence-corrected chi connectivity index (χ0v) is 19.8. The molecule has 0 bridgehead atoms. The Labute approximate surface area is 188 Å². The Morgan fingerprint density at radius 1 is 1.28 bits per heavy atom. The number of thiophene rings is 1. The van der Waals surface area contributed by atoms with Crippen LogP contribution in [0.4, 0.5) is 5.69 Å². The molecule has 29 heavy (non-hydrogen) atoms. The fourth-order valence-electron chi connectivity index (χ4n) is 3.03. The number of carbonyl (C=O) groups excluding carboxylic acids is 1. The summed E-state index contributed by atoms with van der Waals surface area (Å²) in [6, 6.07) is 5.18. The van der Waals surface area contributed by atoms with Crippen molar-refractivity contribution in [1.29, 1.82) is 0 Å². The molecule has 0 aliphatic carbocycles. The zero-order valence-electron chi connectivity index (χ0n) is 16.6. The topological polar surface area (TPSA) is 59.8 Å². The van der Waals surface area contributed by atoms with Crippen molar-refractivity contribution in [2.45, 2.75) is 45.3 Å². The Morgan fingerprint density at radius 3 is 2.69 bits per heavy atom. The number of amides is 1. The van der Waals surface area contributed by atoms with Crippen molar-refractivity contribution >= 4 is 57.9 Å². The van der Waals surface area contributed by atoms with Gasteiger partial charge in [0.15, 0.2) is 11.0 Å². The van der Waals surface area contributed by atoms with Crippen molar-refractivity contribution in [1.82, 2.24) is 14.8 Å². The van der Waals surface area contributed by atoms with E-state index < -0.39 is 0 Å². The normalized spacial score (nSPS) is 11.3. The summed E-state index contributed by atoms with van der Waals surface area (Å²) in [6.07, 6.45) is 0.949. The van der Waals surface area contributed by atoms with Gasteiger partial charge in [0.25, 0.3) is 0 Å². The van der Waals surface area contributed by atoms with Gasteiger partial charge in [-0.1, -0.05) is 41.9 Å². The smallest absolute Gasteiger partial charge is 0.234 e. The summed E-state index contributed by atoms with van der Waals surface area (Å²) < 4.78 is 2.09. The second kappa shape index (κ2) is 9.51. The number of benzene rings is 1. The third-order valence-corrected chi connectivity index (χ3v) is 7.05. The number of carbonyl (C=O) groups is 1. The molecular formula is C20H22Cl2N4OS2. The number of aryl methyl sites for hydroxylation is 1. The van der Waals surface area contributed by atoms with E-state index in [-0.39, 0.29) is 17.7 Å². The molecule has 0 saturated carbocycles. The molecule has 0 saturated heterocycles. The van der Waals surface area contributed by atoms with Gasteiger partial charge in [-0.25, -0.2) is 0 Å². The average molecular weight is 469 g/mol. The summed E-state index contributed by atoms with van der Waals surface area (Å²) in [4.78, 5) is 13.7. The lowest BCUT2D eigenvalue weighted by molar-refractivity contribution is -0.113. The fourth-order valence-corrected chi connectivity index (χ4v) is 5.14. The maximum atomic E-state index is 12.4. The van der Waals surface area contributed by atoms with Gasteiger partial charge >= 0.3 is 0 Å². The number of rotatable bonds is 7. The van der Waals surface area contributed by atoms with E-state index in [1.54, 1.807) is 29.5 Å². The molecule has 154 valence electrons. The van der Waals surface area contributed by atoms with Crippen molar-refractivity contribution in [3.63, 3.8) is 0 Å². The number of hydrogen-bond donors (Lipinski definition) is 1. The molecule has 2 aromatic heterocycles. The number of halogens is 2. The van der Waals surface area contributed by atoms with Gasteiger partial charge in [0.1, 0.15) is 0 Å². The number of hydrogen-bond acceptors (Lipinski definition) is 5. The summed E-state index contributed by atoms with van der Waals surface area (Å²) in [5.41, 5.74) is 3.04. The highest BCUT2D eigenvalue weighted by atomic mass is 35.5. The summed E-state index contributed by atoms with van der Waals surface area (Å²) in [7, 11) is 0. The molecule has 0 unspecified atom stereocenters. The molecule has 0 fully saturated rings. The van der Waals surface area contributed by atoms with Crippen molar-refractivity contribution in [2.75, 3.05) is 11.1 Å². The van der Waals surface area contributed by atoms with Crippen LogP contribution in [-0.4, -0.2) is 26.4 Å². The van der Waals surface area contributed by atoms with E-state index in [4.69, 9.17) is 23.2 Å². The first kappa shape index (κ1) is 22.2. The van der Waals surface area contributed by atoms with Crippen molar-refractivity contribution in [2.24, 2.45) is 0 Å². The zero-order chi connectivity index (χ0) is 21.1. The van der Waals surface area contributed by atoms with Gasteiger partial charge in [0.2, 0.25) is 5.91 Å². The van der Waals surface area contributed by atoms with Crippen LogP contribution in [0, 0.1) is 6.92 Å². The number of nitrogens with zero attached hydrogens (tertiary/aromatic N) is 3. The number of thioether (sulfide) groups is 1. The molecule has 9 heteroatoms. The second-order valence-corrected chi connectivity index (χ2v) is 9.61. The Kier molecular flexibility index (Phi) is 7.27. The number of nitrogens with one attached hydrogen (secondary N) is 1. The maximum Gasteiger partial charge on any atom is 0.234 e. The Balaban J connectivity index is 1.76. The molecule has 0 aliphatic rings. The van der Waals surface area contributed by atoms with Gasteiger partial charge in [-0.2, -0.15) is 0 Å². The van der Waals surface area contributed by atoms with Crippen LogP contribution in [0.1, 0.15) is 37.3 Å². The molecule has 1 N–H and O–H groups in total. The van der Waals surface area contributed by atoms with Crippen LogP contribution >= 0.6 is 46.3 Å². The van der Waals surface area contributed by atoms with Gasteiger partial charge in [-0.05, 0) is 51.0 Å². The summed E-state index contributed by atoms with van der Waals surface area (Å²) in [5.74, 6) is 0.927. The van der Waals surface area contributed by atoms with E-state index in [2.05, 4.69) is 53.2 Å². The molecule has 3 rings (SSSR count). The number of anilines is 1. The minimum Gasteiger partial charge on any atom is -0.325 e. The van der Waals surface area contributed by atoms with Crippen LogP contribution in [0.2, 0.25) is 10.0 Å². The van der Waals surface area contributed by atoms with Crippen LogP contribution in [0.3, 0.4) is 0 Å². The Bertz CT molecular complexity index is 1030. The standard InChI is InChI=1S/C20H22Cl2N4OS2/c1-5-14-12(4)28-9-15(14)19-24-25-20(26(19)11(2)3)29-10-18(27)23-13-6-7-16(21)17(22)8-13/h6-9,11H,5,10H2,1-4H3,(H,23,27). The van der Waals surface area contributed by atoms with Gasteiger partial charge in [-0.15, -0.1) is 21.5 Å². The summed E-state index contributed by atoms with van der Waals surface area (Å²) in [6.45, 7) is 8.47. The van der Waals surface area contributed by atoms with Crippen LogP contribution < -0.4 is 5.32 Å². The Morgan fingerprint density at radius 2 is 2.03 bits per heavy atom.